The Bertz CT molecular complexity index is 318. The van der Waals surface area contributed by atoms with Crippen LogP contribution in [0.4, 0.5) is 0 Å². The van der Waals surface area contributed by atoms with Crippen LogP contribution >= 0.6 is 0 Å². The summed E-state index contributed by atoms with van der Waals surface area (Å²) in [6.07, 6.45) is 9.41. The van der Waals surface area contributed by atoms with E-state index < -0.39 is 0 Å². The van der Waals surface area contributed by atoms with E-state index in [4.69, 9.17) is 0 Å². The second kappa shape index (κ2) is 2.31. The highest BCUT2D eigenvalue weighted by molar-refractivity contribution is 6.16. The lowest BCUT2D eigenvalue weighted by Gasteiger charge is -1.89. The van der Waals surface area contributed by atoms with Crippen LogP contribution < -0.4 is 0 Å². The molecular formula is C9H7NO. The largest absolute Gasteiger partial charge is 0.295 e. The van der Waals surface area contributed by atoms with Crippen molar-refractivity contribution in [2.45, 2.75) is 6.42 Å². The van der Waals surface area contributed by atoms with Gasteiger partial charge in [0.15, 0.2) is 5.78 Å². The molecule has 1 aliphatic heterocycles. The zero-order chi connectivity index (χ0) is 7.68. The van der Waals surface area contributed by atoms with Gasteiger partial charge in [-0.1, -0.05) is 6.08 Å². The Morgan fingerprint density at radius 1 is 1.27 bits per heavy atom. The van der Waals surface area contributed by atoms with E-state index in [0.717, 1.165) is 11.3 Å². The molecule has 0 saturated heterocycles. The third-order valence-corrected chi connectivity index (χ3v) is 1.71. The number of nitrogens with zero attached hydrogens (tertiary/aromatic N) is 1. The van der Waals surface area contributed by atoms with Crippen LogP contribution in [0.2, 0.25) is 0 Å². The van der Waals surface area contributed by atoms with Crippen LogP contribution in [0, 0.1) is 0 Å². The predicted octanol–water partition coefficient (Wildman–Crippen LogP) is 1.41. The number of carbonyl (C=O) groups is 1. The van der Waals surface area contributed by atoms with E-state index in [1.807, 2.05) is 12.2 Å². The van der Waals surface area contributed by atoms with Crippen molar-refractivity contribution >= 4 is 11.5 Å². The molecule has 0 spiro atoms. The zero-order valence-electron chi connectivity index (χ0n) is 5.95. The molecule has 0 N–H and O–H groups in total. The predicted molar refractivity (Wildman–Crippen MR) is 43.4 cm³/mol. The summed E-state index contributed by atoms with van der Waals surface area (Å²) in [5.41, 5.74) is 1.96. The average molecular weight is 145 g/mol. The maximum Gasteiger partial charge on any atom is 0.159 e. The minimum atomic E-state index is 0.142. The smallest absolute Gasteiger partial charge is 0.159 e. The molecule has 0 aromatic heterocycles. The Hall–Kier alpha value is -1.44. The standard InChI is InChI=1S/C9H7NO/c11-8-2-1-7-5-6-10-9(7)4-3-8/h1,3-6H,2H2. The van der Waals surface area contributed by atoms with Gasteiger partial charge in [0.25, 0.3) is 0 Å². The van der Waals surface area contributed by atoms with Gasteiger partial charge in [0.2, 0.25) is 0 Å². The molecule has 0 amide bonds. The van der Waals surface area contributed by atoms with Gasteiger partial charge in [-0.25, -0.2) is 0 Å². The number of allylic oxidation sites excluding steroid dienone is 5. The van der Waals surface area contributed by atoms with Crippen LogP contribution in [0.25, 0.3) is 0 Å². The summed E-state index contributed by atoms with van der Waals surface area (Å²) in [6, 6.07) is 0. The van der Waals surface area contributed by atoms with Crippen LogP contribution in [-0.4, -0.2) is 11.5 Å². The zero-order valence-corrected chi connectivity index (χ0v) is 5.95. The molecule has 0 radical (unpaired) electrons. The molecule has 54 valence electrons. The Morgan fingerprint density at radius 3 is 3.09 bits per heavy atom. The summed E-state index contributed by atoms with van der Waals surface area (Å²) in [6.45, 7) is 0. The van der Waals surface area contributed by atoms with Gasteiger partial charge in [0, 0.05) is 12.6 Å². The normalized spacial score (nSPS) is 20.9. The second-order valence-electron chi connectivity index (χ2n) is 2.49. The molecule has 0 bridgehead atoms. The van der Waals surface area contributed by atoms with Gasteiger partial charge < -0.3 is 0 Å². The van der Waals surface area contributed by atoms with Crippen molar-refractivity contribution in [1.29, 1.82) is 0 Å². The topological polar surface area (TPSA) is 29.4 Å². The third kappa shape index (κ3) is 1.07. The maximum absolute atomic E-state index is 10.9. The first-order chi connectivity index (χ1) is 5.36. The van der Waals surface area contributed by atoms with E-state index in [0.29, 0.717) is 6.42 Å². The number of carbonyl (C=O) groups excluding carboxylic acids is 1. The average Bonchev–Trinajstić information content (AvgIpc) is 2.38. The van der Waals surface area contributed by atoms with Crippen molar-refractivity contribution in [2.75, 3.05) is 0 Å². The summed E-state index contributed by atoms with van der Waals surface area (Å²) in [5.74, 6) is 0.142. The fraction of sp³-hybridized carbons (Fsp3) is 0.111. The molecule has 0 saturated carbocycles. The van der Waals surface area contributed by atoms with Crippen LogP contribution in [0.5, 0.6) is 0 Å². The highest BCUT2D eigenvalue weighted by Crippen LogP contribution is 2.13. The third-order valence-electron chi connectivity index (χ3n) is 1.71. The number of ketones is 1. The van der Waals surface area contributed by atoms with E-state index in [-0.39, 0.29) is 5.78 Å². The summed E-state index contributed by atoms with van der Waals surface area (Å²) < 4.78 is 0. The lowest BCUT2D eigenvalue weighted by atomic mass is 10.1. The van der Waals surface area contributed by atoms with Crippen LogP contribution in [-0.2, 0) is 4.79 Å². The fourth-order valence-corrected chi connectivity index (χ4v) is 1.12. The van der Waals surface area contributed by atoms with Gasteiger partial charge in [0.1, 0.15) is 0 Å². The molecular weight excluding hydrogens is 138 g/mol. The van der Waals surface area contributed by atoms with Crippen molar-refractivity contribution in [3.8, 4) is 0 Å². The van der Waals surface area contributed by atoms with Crippen LogP contribution in [0.1, 0.15) is 6.42 Å². The molecule has 0 aromatic rings. The van der Waals surface area contributed by atoms with Gasteiger partial charge in [-0.05, 0) is 23.8 Å². The highest BCUT2D eigenvalue weighted by Gasteiger charge is 2.09. The minimum absolute atomic E-state index is 0.142. The second-order valence-corrected chi connectivity index (χ2v) is 2.49. The highest BCUT2D eigenvalue weighted by atomic mass is 16.1. The van der Waals surface area contributed by atoms with Crippen molar-refractivity contribution < 1.29 is 4.79 Å². The monoisotopic (exact) mass is 145 g/mol. The minimum Gasteiger partial charge on any atom is -0.295 e. The quantitative estimate of drug-likeness (QED) is 0.506. The van der Waals surface area contributed by atoms with Crippen LogP contribution in [0.3, 0.4) is 0 Å². The van der Waals surface area contributed by atoms with E-state index in [2.05, 4.69) is 4.99 Å². The first-order valence-electron chi connectivity index (χ1n) is 3.52. The molecule has 11 heavy (non-hydrogen) atoms. The molecule has 2 heteroatoms. The number of hydrogen-bond acceptors (Lipinski definition) is 2. The first-order valence-corrected chi connectivity index (χ1v) is 3.52. The van der Waals surface area contributed by atoms with Crippen molar-refractivity contribution in [3.05, 3.63) is 36.1 Å². The molecule has 0 unspecified atom stereocenters. The molecule has 0 aromatic carbocycles. The maximum atomic E-state index is 10.9. The first kappa shape index (κ1) is 6.28. The molecule has 2 aliphatic rings. The van der Waals surface area contributed by atoms with Gasteiger partial charge in [-0.2, -0.15) is 0 Å². The lowest BCUT2D eigenvalue weighted by molar-refractivity contribution is -0.113. The summed E-state index contributed by atoms with van der Waals surface area (Å²) >= 11 is 0. The summed E-state index contributed by atoms with van der Waals surface area (Å²) in [7, 11) is 0. The van der Waals surface area contributed by atoms with E-state index >= 15 is 0 Å². The molecule has 1 heterocycles. The molecule has 2 nitrogen and oxygen atoms in total. The number of aliphatic imine (C=N–C) groups is 1. The molecule has 0 atom stereocenters. The van der Waals surface area contributed by atoms with E-state index in [1.165, 1.54) is 0 Å². The van der Waals surface area contributed by atoms with Crippen LogP contribution in [0.15, 0.2) is 41.1 Å². The van der Waals surface area contributed by atoms with Gasteiger partial charge in [-0.3, -0.25) is 9.79 Å². The van der Waals surface area contributed by atoms with Crippen molar-refractivity contribution in [1.82, 2.24) is 0 Å². The molecule has 2 rings (SSSR count). The van der Waals surface area contributed by atoms with Crippen molar-refractivity contribution in [2.24, 2.45) is 4.99 Å². The van der Waals surface area contributed by atoms with Gasteiger partial charge in [0.05, 0.1) is 5.71 Å². The summed E-state index contributed by atoms with van der Waals surface area (Å²) in [4.78, 5) is 15.0. The molecule has 1 aliphatic carbocycles. The fourth-order valence-electron chi connectivity index (χ4n) is 1.12. The van der Waals surface area contributed by atoms with Gasteiger partial charge in [-0.15, -0.1) is 0 Å². The summed E-state index contributed by atoms with van der Waals surface area (Å²) in [5, 5.41) is 0. The Labute approximate surface area is 64.6 Å². The number of rotatable bonds is 0. The Kier molecular flexibility index (Phi) is 1.32. The Morgan fingerprint density at radius 2 is 2.18 bits per heavy atom. The lowest BCUT2D eigenvalue weighted by Crippen LogP contribution is -1.89. The Balaban J connectivity index is 2.42. The molecule has 0 fully saturated rings. The number of fused-ring (bicyclic) bond motifs is 1. The number of hydrogen-bond donors (Lipinski definition) is 0. The van der Waals surface area contributed by atoms with E-state index in [1.54, 1.807) is 18.4 Å². The van der Waals surface area contributed by atoms with Gasteiger partial charge >= 0.3 is 0 Å². The van der Waals surface area contributed by atoms with Crippen molar-refractivity contribution in [3.63, 3.8) is 0 Å². The van der Waals surface area contributed by atoms with E-state index in [9.17, 15) is 4.79 Å². The SMILES string of the molecule is O=C1C=CC2=NC=CC2=CC1.